The van der Waals surface area contributed by atoms with Gasteiger partial charge in [-0.1, -0.05) is 11.3 Å². The van der Waals surface area contributed by atoms with Crippen molar-refractivity contribution >= 4 is 48.8 Å². The van der Waals surface area contributed by atoms with Crippen LogP contribution in [0.4, 0.5) is 0 Å². The molecule has 0 unspecified atom stereocenters. The maximum atomic E-state index is 5.71. The Hall–Kier alpha value is 1.04. The van der Waals surface area contributed by atoms with Crippen molar-refractivity contribution in [2.45, 2.75) is 19.5 Å². The molecule has 10 heavy (non-hydrogen) atoms. The summed E-state index contributed by atoms with van der Waals surface area (Å²) in [5.41, 5.74) is 0.869. The standard InChI is InChI=1S/C5H11Cl3Si2/c1-3-5(2)9-4-10(6,7)8/h3H,4,9H2,1-2H3. The van der Waals surface area contributed by atoms with Crippen molar-refractivity contribution in [2.75, 3.05) is 0 Å². The van der Waals surface area contributed by atoms with E-state index in [4.69, 9.17) is 33.2 Å². The van der Waals surface area contributed by atoms with Crippen molar-refractivity contribution in [1.82, 2.24) is 0 Å². The van der Waals surface area contributed by atoms with Gasteiger partial charge in [0.2, 0.25) is 0 Å². The summed E-state index contributed by atoms with van der Waals surface area (Å²) < 4.78 is 0. The number of halogens is 3. The monoisotopic (exact) mass is 232 g/mol. The molecule has 0 atom stereocenters. The molecule has 0 aliphatic carbocycles. The Bertz CT molecular complexity index is 127. The largest absolute Gasteiger partial charge is 0.338 e. The second kappa shape index (κ2) is 4.83. The van der Waals surface area contributed by atoms with Crippen molar-refractivity contribution in [2.24, 2.45) is 0 Å². The highest BCUT2D eigenvalue weighted by Gasteiger charge is 2.23. The van der Waals surface area contributed by atoms with Gasteiger partial charge in [0, 0.05) is 9.52 Å². The van der Waals surface area contributed by atoms with Crippen molar-refractivity contribution in [3.8, 4) is 0 Å². The molecule has 0 aromatic heterocycles. The van der Waals surface area contributed by atoms with Crippen LogP contribution in [0.25, 0.3) is 0 Å². The predicted octanol–water partition coefficient (Wildman–Crippen LogP) is 2.69. The number of hydrogen-bond acceptors (Lipinski definition) is 0. The third-order valence-electron chi connectivity index (χ3n) is 1.30. The molecule has 0 heterocycles. The van der Waals surface area contributed by atoms with E-state index in [9.17, 15) is 0 Å². The van der Waals surface area contributed by atoms with Gasteiger partial charge in [0.25, 0.3) is 0 Å². The van der Waals surface area contributed by atoms with Crippen LogP contribution in [0.2, 0.25) is 5.67 Å². The molecule has 5 heteroatoms. The van der Waals surface area contributed by atoms with E-state index >= 15 is 0 Å². The summed E-state index contributed by atoms with van der Waals surface area (Å²) in [4.78, 5) is 0. The fourth-order valence-corrected chi connectivity index (χ4v) is 6.03. The minimum absolute atomic E-state index is 0.242. The topological polar surface area (TPSA) is 0 Å². The van der Waals surface area contributed by atoms with E-state index in [1.807, 2.05) is 6.92 Å². The first-order chi connectivity index (χ1) is 4.45. The Kier molecular flexibility index (Phi) is 5.33. The highest BCUT2D eigenvalue weighted by molar-refractivity contribution is 7.65. The number of hydrogen-bond donors (Lipinski definition) is 0. The zero-order chi connectivity index (χ0) is 8.20. The Labute approximate surface area is 79.5 Å². The molecule has 0 aliphatic rings. The summed E-state index contributed by atoms with van der Waals surface area (Å²) in [6, 6.07) is -2.30. The van der Waals surface area contributed by atoms with Crippen LogP contribution in [0.15, 0.2) is 11.3 Å². The summed E-state index contributed by atoms with van der Waals surface area (Å²) in [5, 5.41) is 1.43. The Balaban J connectivity index is 3.56. The van der Waals surface area contributed by atoms with E-state index in [1.165, 1.54) is 5.20 Å². The molecule has 0 rings (SSSR count). The molecule has 0 nitrogen and oxygen atoms in total. The lowest BCUT2D eigenvalue weighted by Gasteiger charge is -2.05. The summed E-state index contributed by atoms with van der Waals surface area (Å²) in [6.07, 6.45) is 2.11. The lowest BCUT2D eigenvalue weighted by atomic mass is 10.6. The summed E-state index contributed by atoms with van der Waals surface area (Å²) >= 11 is 17.1. The first-order valence-electron chi connectivity index (χ1n) is 3.14. The van der Waals surface area contributed by atoms with Gasteiger partial charge in [-0.15, -0.1) is 33.2 Å². The van der Waals surface area contributed by atoms with Crippen molar-refractivity contribution in [3.05, 3.63) is 11.3 Å². The van der Waals surface area contributed by atoms with E-state index in [0.29, 0.717) is 0 Å². The molecule has 0 spiro atoms. The Morgan fingerprint density at radius 1 is 1.50 bits per heavy atom. The second-order valence-corrected chi connectivity index (χ2v) is 14.6. The van der Waals surface area contributed by atoms with Gasteiger partial charge in [0.05, 0.1) is 0 Å². The van der Waals surface area contributed by atoms with Crippen molar-refractivity contribution < 1.29 is 0 Å². The molecule has 0 bridgehead atoms. The van der Waals surface area contributed by atoms with Crippen LogP contribution in [0.5, 0.6) is 0 Å². The first kappa shape index (κ1) is 11.0. The SMILES string of the molecule is CC=C(C)[SiH2]C[Si](Cl)(Cl)Cl. The average Bonchev–Trinajstić information content (AvgIpc) is 1.81. The quantitative estimate of drug-likeness (QED) is 0.519. The minimum Gasteiger partial charge on any atom is -0.126 e. The molecule has 0 aromatic rings. The van der Waals surface area contributed by atoms with Crippen LogP contribution in [-0.4, -0.2) is 15.5 Å². The van der Waals surface area contributed by atoms with Crippen LogP contribution in [0.1, 0.15) is 13.8 Å². The van der Waals surface area contributed by atoms with E-state index in [0.717, 1.165) is 5.67 Å². The van der Waals surface area contributed by atoms with E-state index in [2.05, 4.69) is 13.0 Å². The highest BCUT2D eigenvalue weighted by atomic mass is 35.8. The zero-order valence-corrected chi connectivity index (χ0v) is 10.8. The fraction of sp³-hybridized carbons (Fsp3) is 0.600. The van der Waals surface area contributed by atoms with E-state index in [-0.39, 0.29) is 9.52 Å². The number of allylic oxidation sites excluding steroid dienone is 2. The summed E-state index contributed by atoms with van der Waals surface area (Å²) in [5.74, 6) is 0. The lowest BCUT2D eigenvalue weighted by Crippen LogP contribution is -2.13. The maximum absolute atomic E-state index is 5.71. The van der Waals surface area contributed by atoms with Crippen LogP contribution >= 0.6 is 33.2 Å². The van der Waals surface area contributed by atoms with E-state index in [1.54, 1.807) is 0 Å². The minimum atomic E-state index is -2.30. The zero-order valence-electron chi connectivity index (χ0n) is 6.13. The van der Waals surface area contributed by atoms with Crippen LogP contribution in [0.3, 0.4) is 0 Å². The van der Waals surface area contributed by atoms with Crippen LogP contribution in [0, 0.1) is 0 Å². The molecule has 0 aliphatic heterocycles. The van der Waals surface area contributed by atoms with Gasteiger partial charge in [-0.25, -0.2) is 0 Å². The fourth-order valence-electron chi connectivity index (χ4n) is 0.483. The molecule has 60 valence electrons. The second-order valence-electron chi connectivity index (χ2n) is 2.25. The van der Waals surface area contributed by atoms with Gasteiger partial charge in [-0.05, 0) is 19.5 Å². The molecule has 0 saturated carbocycles. The van der Waals surface area contributed by atoms with Gasteiger partial charge < -0.3 is 0 Å². The Morgan fingerprint density at radius 3 is 2.30 bits per heavy atom. The van der Waals surface area contributed by atoms with Crippen LogP contribution in [-0.2, 0) is 0 Å². The molecular formula is C5H11Cl3Si2. The summed E-state index contributed by atoms with van der Waals surface area (Å²) in [6.45, 7) is 4.14. The van der Waals surface area contributed by atoms with E-state index < -0.39 is 6.00 Å². The predicted molar refractivity (Wildman–Crippen MR) is 56.1 cm³/mol. The number of rotatable bonds is 3. The molecular weight excluding hydrogens is 223 g/mol. The highest BCUT2D eigenvalue weighted by Crippen LogP contribution is 2.24. The lowest BCUT2D eigenvalue weighted by molar-refractivity contribution is 1.56. The maximum Gasteiger partial charge on any atom is 0.338 e. The van der Waals surface area contributed by atoms with Crippen molar-refractivity contribution in [1.29, 1.82) is 0 Å². The van der Waals surface area contributed by atoms with Crippen molar-refractivity contribution in [3.63, 3.8) is 0 Å². The molecule has 0 aromatic carbocycles. The van der Waals surface area contributed by atoms with Gasteiger partial charge in [-0.2, -0.15) is 0 Å². The Morgan fingerprint density at radius 2 is 2.00 bits per heavy atom. The van der Waals surface area contributed by atoms with Gasteiger partial charge in [-0.3, -0.25) is 0 Å². The summed E-state index contributed by atoms with van der Waals surface area (Å²) in [7, 11) is -0.242. The van der Waals surface area contributed by atoms with Gasteiger partial charge in [0.1, 0.15) is 0 Å². The molecule has 0 fully saturated rings. The van der Waals surface area contributed by atoms with Crippen LogP contribution < -0.4 is 0 Å². The molecule has 0 amide bonds. The third-order valence-corrected chi connectivity index (χ3v) is 10.9. The first-order valence-corrected chi connectivity index (χ1v) is 10.1. The van der Waals surface area contributed by atoms with Gasteiger partial charge in [0.15, 0.2) is 0 Å². The smallest absolute Gasteiger partial charge is 0.126 e. The molecule has 0 saturated heterocycles. The average molecular weight is 234 g/mol. The molecule has 0 N–H and O–H groups in total. The normalized spacial score (nSPS) is 15.1. The third kappa shape index (κ3) is 7.15. The van der Waals surface area contributed by atoms with Gasteiger partial charge >= 0.3 is 6.00 Å². The molecule has 0 radical (unpaired) electrons.